The number of rotatable bonds is 6. The van der Waals surface area contributed by atoms with Crippen LogP contribution in [-0.4, -0.2) is 40.8 Å². The molecule has 0 bridgehead atoms. The van der Waals surface area contributed by atoms with Crippen LogP contribution < -0.4 is 5.32 Å². The molecule has 0 aliphatic carbocycles. The van der Waals surface area contributed by atoms with Crippen LogP contribution in [0.3, 0.4) is 0 Å². The van der Waals surface area contributed by atoms with Crippen molar-refractivity contribution in [2.45, 2.75) is 13.8 Å². The lowest BCUT2D eigenvalue weighted by atomic mass is 9.99. The molecule has 6 nitrogen and oxygen atoms in total. The second-order valence-corrected chi connectivity index (χ2v) is 6.41. The highest BCUT2D eigenvalue weighted by molar-refractivity contribution is 6.17. The van der Waals surface area contributed by atoms with Crippen LogP contribution >= 0.6 is 0 Å². The number of amides is 2. The molecule has 0 radical (unpaired) electrons. The van der Waals surface area contributed by atoms with Crippen LogP contribution in [0, 0.1) is 13.8 Å². The number of aliphatic hydroxyl groups is 1. The zero-order valence-corrected chi connectivity index (χ0v) is 15.2. The number of anilines is 1. The van der Waals surface area contributed by atoms with Crippen molar-refractivity contribution >= 4 is 23.3 Å². The monoisotopic (exact) mass is 364 g/mol. The third-order valence-corrected chi connectivity index (χ3v) is 4.53. The quantitative estimate of drug-likeness (QED) is 0.606. The number of carbonyl (C=O) groups excluding carboxylic acids is 3. The molecule has 6 heteroatoms. The maximum Gasteiger partial charge on any atom is 0.277 e. The summed E-state index contributed by atoms with van der Waals surface area (Å²) in [6.45, 7) is 3.64. The van der Waals surface area contributed by atoms with E-state index in [0.717, 1.165) is 16.0 Å². The van der Waals surface area contributed by atoms with Gasteiger partial charge in [0.25, 0.3) is 11.8 Å². The average molecular weight is 364 g/mol. The van der Waals surface area contributed by atoms with E-state index in [1.54, 1.807) is 30.3 Å². The van der Waals surface area contributed by atoms with Crippen molar-refractivity contribution in [2.24, 2.45) is 0 Å². The van der Waals surface area contributed by atoms with E-state index in [2.05, 4.69) is 5.32 Å². The highest BCUT2D eigenvalue weighted by Crippen LogP contribution is 2.19. The molecule has 0 aromatic heterocycles. The minimum absolute atomic E-state index is 0.0389. The van der Waals surface area contributed by atoms with Gasteiger partial charge in [-0.1, -0.05) is 12.1 Å². The van der Waals surface area contributed by atoms with Crippen LogP contribution in [0.4, 0.5) is 5.69 Å². The first kappa shape index (κ1) is 18.5. The van der Waals surface area contributed by atoms with Crippen LogP contribution in [0.25, 0.3) is 0 Å². The van der Waals surface area contributed by atoms with Gasteiger partial charge in [-0.25, -0.2) is 0 Å². The third kappa shape index (κ3) is 3.80. The van der Waals surface area contributed by atoms with Crippen molar-refractivity contribution in [3.05, 3.63) is 76.5 Å². The lowest BCUT2D eigenvalue weighted by molar-refractivity contribution is -0.137. The average Bonchev–Trinajstić information content (AvgIpc) is 2.92. The molecule has 0 saturated carbocycles. The fourth-order valence-corrected chi connectivity index (χ4v) is 2.82. The first-order chi connectivity index (χ1) is 12.9. The number of ketones is 1. The molecule has 0 unspecified atom stereocenters. The zero-order chi connectivity index (χ0) is 19.6. The molecule has 2 N–H and O–H groups in total. The summed E-state index contributed by atoms with van der Waals surface area (Å²) in [5, 5.41) is 11.8. The summed E-state index contributed by atoms with van der Waals surface area (Å²) in [5.41, 5.74) is 4.08. The van der Waals surface area contributed by atoms with Crippen LogP contribution in [-0.2, 0) is 9.59 Å². The molecule has 138 valence electrons. The SMILES string of the molecule is Cc1ccc(C(=O)c2ccc(NC3=CC(=O)N(CCO)C3=O)cc2)cc1C. The molecule has 27 heavy (non-hydrogen) atoms. The van der Waals surface area contributed by atoms with Gasteiger partial charge in [-0.15, -0.1) is 0 Å². The minimum atomic E-state index is -0.482. The van der Waals surface area contributed by atoms with Crippen molar-refractivity contribution in [3.8, 4) is 0 Å². The normalized spacial score (nSPS) is 13.7. The molecular weight excluding hydrogens is 344 g/mol. The van der Waals surface area contributed by atoms with Gasteiger partial charge in [0.1, 0.15) is 5.70 Å². The van der Waals surface area contributed by atoms with E-state index in [-0.39, 0.29) is 24.6 Å². The number of aliphatic hydroxyl groups excluding tert-OH is 1. The van der Waals surface area contributed by atoms with E-state index < -0.39 is 11.8 Å². The molecule has 2 amide bonds. The fourth-order valence-electron chi connectivity index (χ4n) is 2.82. The van der Waals surface area contributed by atoms with Gasteiger partial charge < -0.3 is 10.4 Å². The van der Waals surface area contributed by atoms with Crippen LogP contribution in [0.1, 0.15) is 27.0 Å². The van der Waals surface area contributed by atoms with E-state index in [4.69, 9.17) is 5.11 Å². The number of carbonyl (C=O) groups is 3. The topological polar surface area (TPSA) is 86.7 Å². The largest absolute Gasteiger partial charge is 0.395 e. The Morgan fingerprint density at radius 2 is 1.67 bits per heavy atom. The summed E-state index contributed by atoms with van der Waals surface area (Å²) in [6.07, 6.45) is 1.20. The Morgan fingerprint density at radius 3 is 2.30 bits per heavy atom. The number of hydrogen-bond acceptors (Lipinski definition) is 5. The first-order valence-electron chi connectivity index (χ1n) is 8.58. The number of hydrogen-bond donors (Lipinski definition) is 2. The van der Waals surface area contributed by atoms with Gasteiger partial charge in [0, 0.05) is 22.9 Å². The molecule has 0 fully saturated rings. The van der Waals surface area contributed by atoms with Gasteiger partial charge in [-0.2, -0.15) is 0 Å². The standard InChI is InChI=1S/C21H20N2O4/c1-13-3-4-16(11-14(13)2)20(26)15-5-7-17(8-6-15)22-18-12-19(25)23(9-10-24)21(18)27/h3-8,11-12,22,24H,9-10H2,1-2H3. The summed E-state index contributed by atoms with van der Waals surface area (Å²) in [7, 11) is 0. The Kier molecular flexibility index (Phi) is 5.19. The molecule has 2 aromatic rings. The van der Waals surface area contributed by atoms with Crippen molar-refractivity contribution in [2.75, 3.05) is 18.5 Å². The highest BCUT2D eigenvalue weighted by Gasteiger charge is 2.30. The predicted octanol–water partition coefficient (Wildman–Crippen LogP) is 2.19. The minimum Gasteiger partial charge on any atom is -0.395 e. The summed E-state index contributed by atoms with van der Waals surface area (Å²) >= 11 is 0. The lowest BCUT2D eigenvalue weighted by Gasteiger charge is -2.13. The van der Waals surface area contributed by atoms with E-state index in [9.17, 15) is 14.4 Å². The predicted molar refractivity (Wildman–Crippen MR) is 101 cm³/mol. The lowest BCUT2D eigenvalue weighted by Crippen LogP contribution is -2.34. The van der Waals surface area contributed by atoms with Crippen molar-refractivity contribution in [1.82, 2.24) is 4.90 Å². The smallest absolute Gasteiger partial charge is 0.277 e. The number of aryl methyl sites for hydroxylation is 2. The number of benzene rings is 2. The molecule has 1 heterocycles. The van der Waals surface area contributed by atoms with Crippen LogP contribution in [0.5, 0.6) is 0 Å². The Hall–Kier alpha value is -3.25. The Balaban J connectivity index is 1.73. The summed E-state index contributed by atoms with van der Waals surface area (Å²) < 4.78 is 0. The van der Waals surface area contributed by atoms with Crippen molar-refractivity contribution < 1.29 is 19.5 Å². The Labute approximate surface area is 157 Å². The molecule has 0 spiro atoms. The molecule has 0 saturated heterocycles. The highest BCUT2D eigenvalue weighted by atomic mass is 16.3. The maximum atomic E-state index is 12.6. The third-order valence-electron chi connectivity index (χ3n) is 4.53. The van der Waals surface area contributed by atoms with Gasteiger partial charge in [0.2, 0.25) is 0 Å². The van der Waals surface area contributed by atoms with Gasteiger partial charge >= 0.3 is 0 Å². The molecule has 3 rings (SSSR count). The van der Waals surface area contributed by atoms with Gasteiger partial charge in [0.05, 0.1) is 13.2 Å². The summed E-state index contributed by atoms with van der Waals surface area (Å²) in [4.78, 5) is 37.5. The van der Waals surface area contributed by atoms with E-state index >= 15 is 0 Å². The van der Waals surface area contributed by atoms with Crippen molar-refractivity contribution in [1.29, 1.82) is 0 Å². The maximum absolute atomic E-state index is 12.6. The van der Waals surface area contributed by atoms with E-state index in [1.807, 2.05) is 26.0 Å². The van der Waals surface area contributed by atoms with Crippen LogP contribution in [0.15, 0.2) is 54.2 Å². The van der Waals surface area contributed by atoms with Gasteiger partial charge in [-0.3, -0.25) is 19.3 Å². The van der Waals surface area contributed by atoms with E-state index in [1.165, 1.54) is 6.08 Å². The second-order valence-electron chi connectivity index (χ2n) is 6.41. The molecule has 2 aromatic carbocycles. The molecular formula is C21H20N2O4. The van der Waals surface area contributed by atoms with E-state index in [0.29, 0.717) is 16.8 Å². The number of imide groups is 1. The van der Waals surface area contributed by atoms with Gasteiger partial charge in [-0.05, 0) is 55.3 Å². The zero-order valence-electron chi connectivity index (χ0n) is 15.2. The summed E-state index contributed by atoms with van der Waals surface area (Å²) in [5.74, 6) is -1.02. The Morgan fingerprint density at radius 1 is 1.00 bits per heavy atom. The number of nitrogens with zero attached hydrogens (tertiary/aromatic N) is 1. The number of β-amino-alcohol motifs (C(OH)–C–C–N with tert-alkyl or cyclic N) is 1. The molecule has 0 atom stereocenters. The van der Waals surface area contributed by atoms with Crippen molar-refractivity contribution in [3.63, 3.8) is 0 Å². The summed E-state index contributed by atoms with van der Waals surface area (Å²) in [6, 6.07) is 12.3. The van der Waals surface area contributed by atoms with Gasteiger partial charge in [0.15, 0.2) is 5.78 Å². The first-order valence-corrected chi connectivity index (χ1v) is 8.58. The molecule has 1 aliphatic heterocycles. The fraction of sp³-hybridized carbons (Fsp3) is 0.190. The van der Waals surface area contributed by atoms with Crippen LogP contribution in [0.2, 0.25) is 0 Å². The number of nitrogens with one attached hydrogen (secondary N) is 1. The molecule has 1 aliphatic rings. The second kappa shape index (κ2) is 7.55. The Bertz CT molecular complexity index is 945.